The van der Waals surface area contributed by atoms with Crippen LogP contribution < -0.4 is 16.0 Å². The minimum atomic E-state index is -0.379. The molecule has 1 aliphatic heterocycles. The molecule has 0 spiro atoms. The number of hydrogen-bond acceptors (Lipinski definition) is 7. The van der Waals surface area contributed by atoms with Crippen molar-refractivity contribution in [1.29, 1.82) is 0 Å². The summed E-state index contributed by atoms with van der Waals surface area (Å²) in [6.07, 6.45) is 12.8. The van der Waals surface area contributed by atoms with Crippen molar-refractivity contribution < 1.29 is 24.2 Å². The van der Waals surface area contributed by atoms with Gasteiger partial charge in [-0.3, -0.25) is 24.3 Å². The van der Waals surface area contributed by atoms with Gasteiger partial charge in [0.05, 0.1) is 42.5 Å². The molecular formula is C52H75N5O5. The largest absolute Gasteiger partial charge is 0.393 e. The number of carbonyl (C=O) groups excluding carboxylic acids is 3. The number of hydrogen-bond donors (Lipinski definition) is 4. The molecule has 10 atom stereocenters. The van der Waals surface area contributed by atoms with Crippen molar-refractivity contribution in [3.8, 4) is 0 Å². The second-order valence-electron chi connectivity index (χ2n) is 21.9. The van der Waals surface area contributed by atoms with E-state index in [0.717, 1.165) is 76.9 Å². The zero-order valence-corrected chi connectivity index (χ0v) is 38.6. The fraction of sp³-hybridized carbons (Fsp3) is 0.692. The lowest BCUT2D eigenvalue weighted by molar-refractivity contribution is -0.246. The van der Waals surface area contributed by atoms with Crippen LogP contribution in [0.15, 0.2) is 54.7 Å². The minimum Gasteiger partial charge on any atom is -0.393 e. The first-order valence-electron chi connectivity index (χ1n) is 24.1. The third-order valence-corrected chi connectivity index (χ3v) is 18.7. The van der Waals surface area contributed by atoms with Gasteiger partial charge in [0.1, 0.15) is 0 Å². The quantitative estimate of drug-likeness (QED) is 0.161. The molecule has 10 nitrogen and oxygen atoms in total. The summed E-state index contributed by atoms with van der Waals surface area (Å²) in [6, 6.07) is 11.2. The predicted octanol–water partition coefficient (Wildman–Crippen LogP) is 7.75. The smallest absolute Gasteiger partial charge is 0.252 e. The highest BCUT2D eigenvalue weighted by molar-refractivity contribution is 5.94. The Kier molecular flexibility index (Phi) is 12.6. The Morgan fingerprint density at radius 1 is 0.823 bits per heavy atom. The number of aliphatic hydroxyl groups excluding tert-OH is 1. The number of ether oxygens (including phenoxy) is 1. The van der Waals surface area contributed by atoms with Crippen molar-refractivity contribution in [3.63, 3.8) is 0 Å². The van der Waals surface area contributed by atoms with Crippen LogP contribution in [-0.4, -0.2) is 84.8 Å². The lowest BCUT2D eigenvalue weighted by atomic mass is 9.32. The van der Waals surface area contributed by atoms with E-state index in [4.69, 9.17) is 4.74 Å². The lowest BCUT2D eigenvalue weighted by Crippen LogP contribution is -2.67. The number of pyridine rings is 1. The van der Waals surface area contributed by atoms with Crippen LogP contribution in [0.2, 0.25) is 0 Å². The van der Waals surface area contributed by atoms with Crippen LogP contribution in [0.5, 0.6) is 0 Å². The van der Waals surface area contributed by atoms with Crippen molar-refractivity contribution in [1.82, 2.24) is 25.8 Å². The van der Waals surface area contributed by atoms with Crippen LogP contribution in [0.25, 0.3) is 0 Å². The summed E-state index contributed by atoms with van der Waals surface area (Å²) in [6.45, 7) is 24.6. The summed E-state index contributed by atoms with van der Waals surface area (Å²) in [5.41, 5.74) is 4.10. The molecule has 6 aliphatic rings. The highest BCUT2D eigenvalue weighted by atomic mass is 16.5. The van der Waals surface area contributed by atoms with Gasteiger partial charge < -0.3 is 25.8 Å². The third-order valence-electron chi connectivity index (χ3n) is 18.7. The van der Waals surface area contributed by atoms with Gasteiger partial charge >= 0.3 is 0 Å². The molecule has 3 amide bonds. The fourth-order valence-corrected chi connectivity index (χ4v) is 15.1. The molecule has 2 heterocycles. The second kappa shape index (κ2) is 17.4. The van der Waals surface area contributed by atoms with Crippen LogP contribution in [0, 0.1) is 56.7 Å². The molecule has 4 unspecified atom stereocenters. The fourth-order valence-electron chi connectivity index (χ4n) is 15.1. The summed E-state index contributed by atoms with van der Waals surface area (Å²) in [4.78, 5) is 47.4. The molecule has 8 rings (SSSR count). The number of fused-ring (bicyclic) bond motifs is 7. The molecule has 62 heavy (non-hydrogen) atoms. The van der Waals surface area contributed by atoms with E-state index in [1.165, 1.54) is 31.3 Å². The number of allylic oxidation sites excluding steroid dienone is 1. The molecular weight excluding hydrogens is 775 g/mol. The molecule has 4 N–H and O–H groups in total. The predicted molar refractivity (Wildman–Crippen MR) is 243 cm³/mol. The molecule has 0 bridgehead atoms. The maximum absolute atomic E-state index is 14.7. The molecule has 5 saturated carbocycles. The van der Waals surface area contributed by atoms with Gasteiger partial charge in [-0.25, -0.2) is 0 Å². The molecule has 2 aromatic rings. The number of aliphatic hydroxyl groups is 1. The topological polar surface area (TPSA) is 133 Å². The summed E-state index contributed by atoms with van der Waals surface area (Å²) < 4.78 is 5.39. The molecule has 6 fully saturated rings. The van der Waals surface area contributed by atoms with Gasteiger partial charge in [-0.1, -0.05) is 58.9 Å². The maximum atomic E-state index is 14.7. The highest BCUT2D eigenvalue weighted by Gasteiger charge is 2.71. The molecule has 1 aromatic carbocycles. The van der Waals surface area contributed by atoms with Gasteiger partial charge in [-0.2, -0.15) is 0 Å². The number of aromatic nitrogens is 1. The summed E-state index contributed by atoms with van der Waals surface area (Å²) in [5.74, 6) is 2.17. The van der Waals surface area contributed by atoms with Gasteiger partial charge in [0.15, 0.2) is 0 Å². The van der Waals surface area contributed by atoms with E-state index in [1.807, 2.05) is 24.3 Å². The number of nitrogens with one attached hydrogen (secondary N) is 3. The molecule has 1 aromatic heterocycles. The normalized spacial score (nSPS) is 36.2. The summed E-state index contributed by atoms with van der Waals surface area (Å²) in [5, 5.41) is 20.5. The Hall–Kier alpha value is -3.60. The van der Waals surface area contributed by atoms with Crippen molar-refractivity contribution >= 4 is 17.7 Å². The Balaban J connectivity index is 0.871. The van der Waals surface area contributed by atoms with Crippen LogP contribution in [0.1, 0.15) is 138 Å². The minimum absolute atomic E-state index is 0.0619. The van der Waals surface area contributed by atoms with Crippen LogP contribution >= 0.6 is 0 Å². The SMILES string of the molecule is C=C(C)[C@@H]1CC[C@]2(C(=O)NCCc3cccc(C(=O)NCc4ccc(C(=O)NCCN5CCOCC5)cn4)c3)CC[C@]3(C)C(CCC4[C@@]5(C)CC[C@H](O)C(C)(C)C5CC[C@]43C)C12. The third kappa shape index (κ3) is 7.86. The Morgan fingerprint density at radius 2 is 1.60 bits per heavy atom. The zero-order chi connectivity index (χ0) is 44.1. The van der Waals surface area contributed by atoms with Crippen molar-refractivity contribution in [2.24, 2.45) is 56.7 Å². The van der Waals surface area contributed by atoms with E-state index in [-0.39, 0.29) is 57.4 Å². The second-order valence-corrected chi connectivity index (χ2v) is 21.9. The number of amides is 3. The van der Waals surface area contributed by atoms with Crippen LogP contribution in [0.4, 0.5) is 0 Å². The van der Waals surface area contributed by atoms with E-state index >= 15 is 0 Å². The Labute approximate surface area is 371 Å². The first-order valence-corrected chi connectivity index (χ1v) is 24.1. The van der Waals surface area contributed by atoms with E-state index in [1.54, 1.807) is 18.3 Å². The van der Waals surface area contributed by atoms with Gasteiger partial charge in [0.25, 0.3) is 11.8 Å². The Bertz CT molecular complexity index is 2000. The average molecular weight is 850 g/mol. The average Bonchev–Trinajstić information content (AvgIpc) is 3.67. The van der Waals surface area contributed by atoms with E-state index in [0.29, 0.717) is 65.9 Å². The number of rotatable bonds is 12. The Morgan fingerprint density at radius 3 is 2.34 bits per heavy atom. The van der Waals surface area contributed by atoms with Crippen LogP contribution in [-0.2, 0) is 22.5 Å². The number of benzene rings is 1. The number of morpholine rings is 1. The van der Waals surface area contributed by atoms with E-state index < -0.39 is 0 Å². The summed E-state index contributed by atoms with van der Waals surface area (Å²) in [7, 11) is 0. The zero-order valence-electron chi connectivity index (χ0n) is 38.6. The molecule has 10 heteroatoms. The lowest BCUT2D eigenvalue weighted by Gasteiger charge is -2.72. The standard InChI is InChI=1S/C52H75N5O5/c1-34(2)39-15-21-52(23-22-50(6)40(44(39)52)13-14-42-49(5)19-17-43(58)48(3,4)41(49)16-20-51(42,50)7)47(61)54-24-18-35-9-8-10-36(31-35)45(59)56-33-38-12-11-37(32-55-38)46(60)53-25-26-57-27-29-62-30-28-57/h8-12,31-32,39-44,58H,1,13-30,33H2,2-7H3,(H,53,60)(H,54,61)(H,56,59)/t39-,40?,41?,42?,43-,44?,49-,50+,51+,52-/m0/s1. The molecule has 5 aliphatic carbocycles. The van der Waals surface area contributed by atoms with E-state index in [9.17, 15) is 19.5 Å². The maximum Gasteiger partial charge on any atom is 0.252 e. The summed E-state index contributed by atoms with van der Waals surface area (Å²) >= 11 is 0. The van der Waals surface area contributed by atoms with E-state index in [2.05, 4.69) is 74.0 Å². The first-order chi connectivity index (χ1) is 29.5. The van der Waals surface area contributed by atoms with Crippen molar-refractivity contribution in [2.45, 2.75) is 125 Å². The van der Waals surface area contributed by atoms with Crippen molar-refractivity contribution in [2.75, 3.05) is 45.9 Å². The van der Waals surface area contributed by atoms with Gasteiger partial charge in [0.2, 0.25) is 5.91 Å². The van der Waals surface area contributed by atoms with Gasteiger partial charge in [-0.15, -0.1) is 0 Å². The highest BCUT2D eigenvalue weighted by Crippen LogP contribution is 2.77. The van der Waals surface area contributed by atoms with Gasteiger partial charge in [0, 0.05) is 44.5 Å². The number of nitrogens with zero attached hydrogens (tertiary/aromatic N) is 2. The van der Waals surface area contributed by atoms with Gasteiger partial charge in [-0.05, 0) is 159 Å². The molecule has 1 saturated heterocycles. The monoisotopic (exact) mass is 850 g/mol. The first kappa shape index (κ1) is 45.0. The molecule has 0 radical (unpaired) electrons. The number of carbonyl (C=O) groups is 3. The molecule has 338 valence electrons. The van der Waals surface area contributed by atoms with Crippen molar-refractivity contribution in [3.05, 3.63) is 77.1 Å². The van der Waals surface area contributed by atoms with Crippen LogP contribution in [0.3, 0.4) is 0 Å².